The average Bonchev–Trinajstić information content (AvgIpc) is 3.15. The Morgan fingerprint density at radius 2 is 2.07 bits per heavy atom. The van der Waals surface area contributed by atoms with Crippen molar-refractivity contribution < 1.29 is 27.2 Å². The van der Waals surface area contributed by atoms with Gasteiger partial charge < -0.3 is 16.0 Å². The zero-order valence-electron chi connectivity index (χ0n) is 14.3. The topological polar surface area (TPSA) is 93.2 Å². The highest BCUT2D eigenvalue weighted by molar-refractivity contribution is 6.30. The number of nitrogens with zero attached hydrogens (tertiary/aromatic N) is 3. The lowest BCUT2D eigenvalue weighted by atomic mass is 10.0. The first-order valence-corrected chi connectivity index (χ1v) is 8.29. The molecule has 2 atom stereocenters. The summed E-state index contributed by atoms with van der Waals surface area (Å²) < 4.78 is 53.8. The highest BCUT2D eigenvalue weighted by Gasteiger charge is 2.41. The molecule has 2 aromatic rings. The molecule has 1 unspecified atom stereocenters. The lowest BCUT2D eigenvalue weighted by Gasteiger charge is -2.27. The summed E-state index contributed by atoms with van der Waals surface area (Å²) in [4.78, 5) is 24.9. The monoisotopic (exact) mass is 419 g/mol. The van der Waals surface area contributed by atoms with Crippen molar-refractivity contribution in [2.45, 2.75) is 18.3 Å². The summed E-state index contributed by atoms with van der Waals surface area (Å²) in [6, 6.07) is 1.45. The molecule has 3 rings (SSSR count). The Morgan fingerprint density at radius 1 is 1.39 bits per heavy atom. The van der Waals surface area contributed by atoms with Gasteiger partial charge >= 0.3 is 12.2 Å². The zero-order chi connectivity index (χ0) is 20.8. The molecule has 28 heavy (non-hydrogen) atoms. The van der Waals surface area contributed by atoms with Crippen LogP contribution < -0.4 is 11.1 Å². The second kappa shape index (κ2) is 6.97. The Kier molecular flexibility index (Phi) is 4.96. The number of hydrogen-bond acceptors (Lipinski definition) is 3. The highest BCUT2D eigenvalue weighted by Crippen LogP contribution is 2.36. The maximum absolute atomic E-state index is 13.6. The quantitative estimate of drug-likeness (QED) is 0.744. The Morgan fingerprint density at radius 3 is 2.57 bits per heavy atom. The van der Waals surface area contributed by atoms with Crippen molar-refractivity contribution in [3.63, 3.8) is 0 Å². The van der Waals surface area contributed by atoms with Crippen molar-refractivity contribution in [2.24, 2.45) is 12.8 Å². The Hall–Kier alpha value is -2.82. The predicted octanol–water partition coefficient (Wildman–Crippen LogP) is 2.20. The SMILES string of the molecule is Cn1nc(C(F)(F)F)cc1[C@@H](c1ccc(F)c(Cl)c1)N1CC(C(N)=O)NC1=O. The number of carbonyl (C=O) groups excluding carboxylic acids is 2. The van der Waals surface area contributed by atoms with Gasteiger partial charge in [-0.15, -0.1) is 0 Å². The molecule has 3 amide bonds. The number of hydrogen-bond donors (Lipinski definition) is 2. The number of nitrogens with one attached hydrogen (secondary N) is 1. The van der Waals surface area contributed by atoms with E-state index in [0.717, 1.165) is 21.7 Å². The molecule has 1 aromatic heterocycles. The van der Waals surface area contributed by atoms with Crippen molar-refractivity contribution in [2.75, 3.05) is 6.54 Å². The van der Waals surface area contributed by atoms with Gasteiger partial charge in [-0.3, -0.25) is 9.48 Å². The lowest BCUT2D eigenvalue weighted by Crippen LogP contribution is -2.39. The normalized spacial score (nSPS) is 18.3. The molecular formula is C16H14ClF4N5O2. The van der Waals surface area contributed by atoms with Gasteiger partial charge in [0.1, 0.15) is 17.9 Å². The largest absolute Gasteiger partial charge is 0.435 e. The molecule has 0 saturated carbocycles. The summed E-state index contributed by atoms with van der Waals surface area (Å²) in [6.07, 6.45) is -4.70. The van der Waals surface area contributed by atoms with Crippen LogP contribution in [0.1, 0.15) is 23.0 Å². The highest BCUT2D eigenvalue weighted by atomic mass is 35.5. The molecule has 0 aliphatic carbocycles. The molecule has 0 spiro atoms. The van der Waals surface area contributed by atoms with Crippen molar-refractivity contribution in [1.29, 1.82) is 0 Å². The van der Waals surface area contributed by atoms with Crippen LogP contribution in [-0.2, 0) is 18.0 Å². The third kappa shape index (κ3) is 3.61. The van der Waals surface area contributed by atoms with Gasteiger partial charge in [0.15, 0.2) is 5.69 Å². The molecule has 1 aliphatic heterocycles. The van der Waals surface area contributed by atoms with Crippen LogP contribution in [0.15, 0.2) is 24.3 Å². The second-order valence-electron chi connectivity index (χ2n) is 6.21. The van der Waals surface area contributed by atoms with Gasteiger partial charge in [-0.05, 0) is 23.8 Å². The van der Waals surface area contributed by atoms with Crippen molar-refractivity contribution in [3.8, 4) is 0 Å². The fourth-order valence-corrected chi connectivity index (χ4v) is 3.20. The zero-order valence-corrected chi connectivity index (χ0v) is 15.1. The van der Waals surface area contributed by atoms with Crippen LogP contribution in [0.25, 0.3) is 0 Å². The molecule has 1 saturated heterocycles. The maximum atomic E-state index is 13.6. The number of benzene rings is 1. The third-order valence-electron chi connectivity index (χ3n) is 4.34. The molecule has 1 aliphatic rings. The number of primary amides is 1. The smallest absolute Gasteiger partial charge is 0.368 e. The van der Waals surface area contributed by atoms with E-state index in [4.69, 9.17) is 17.3 Å². The fraction of sp³-hybridized carbons (Fsp3) is 0.312. The van der Waals surface area contributed by atoms with Crippen LogP contribution >= 0.6 is 11.6 Å². The van der Waals surface area contributed by atoms with Crippen molar-refractivity contribution in [3.05, 3.63) is 52.1 Å². The first-order valence-electron chi connectivity index (χ1n) is 7.91. The average molecular weight is 420 g/mol. The Bertz CT molecular complexity index is 946. The van der Waals surface area contributed by atoms with E-state index in [-0.39, 0.29) is 22.8 Å². The summed E-state index contributed by atoms with van der Waals surface area (Å²) in [7, 11) is 1.28. The van der Waals surface area contributed by atoms with Gasteiger partial charge in [0.25, 0.3) is 0 Å². The number of carbonyl (C=O) groups is 2. The molecular weight excluding hydrogens is 406 g/mol. The Balaban J connectivity index is 2.13. The summed E-state index contributed by atoms with van der Waals surface area (Å²) in [6.45, 7) is -0.194. The minimum atomic E-state index is -4.70. The number of aryl methyl sites for hydroxylation is 1. The third-order valence-corrected chi connectivity index (χ3v) is 4.63. The standard InChI is InChI=1S/C16H14ClF4N5O2/c1-25-11(5-12(24-25)16(19,20)21)13(7-2-3-9(18)8(17)4-7)26-6-10(14(22)27)23-15(26)28/h2-5,10,13H,6H2,1H3,(H2,22,27)(H,23,28)/t10?,13-/m1/s1. The number of amides is 3. The summed E-state index contributed by atoms with van der Waals surface area (Å²) in [5.41, 5.74) is 4.29. The number of alkyl halides is 3. The molecule has 3 N–H and O–H groups in total. The lowest BCUT2D eigenvalue weighted by molar-refractivity contribution is -0.141. The van der Waals surface area contributed by atoms with Crippen LogP contribution in [0.5, 0.6) is 0 Å². The maximum Gasteiger partial charge on any atom is 0.435 e. The van der Waals surface area contributed by atoms with Gasteiger partial charge in [-0.2, -0.15) is 18.3 Å². The van der Waals surface area contributed by atoms with E-state index in [1.807, 2.05) is 0 Å². The molecule has 12 heteroatoms. The van der Waals surface area contributed by atoms with E-state index in [1.54, 1.807) is 0 Å². The number of aromatic nitrogens is 2. The van der Waals surface area contributed by atoms with Gasteiger partial charge in [-0.25, -0.2) is 9.18 Å². The van der Waals surface area contributed by atoms with Crippen molar-refractivity contribution >= 4 is 23.5 Å². The summed E-state index contributed by atoms with van der Waals surface area (Å²) in [5.74, 6) is -1.53. The van der Waals surface area contributed by atoms with Gasteiger partial charge in [0.05, 0.1) is 17.3 Å². The second-order valence-corrected chi connectivity index (χ2v) is 6.62. The molecule has 150 valence electrons. The first-order chi connectivity index (χ1) is 13.0. The molecule has 2 heterocycles. The number of halogens is 5. The molecule has 0 bridgehead atoms. The molecule has 1 fully saturated rings. The van der Waals surface area contributed by atoms with Crippen LogP contribution in [0.2, 0.25) is 5.02 Å². The molecule has 0 radical (unpaired) electrons. The van der Waals surface area contributed by atoms with Gasteiger partial charge in [0.2, 0.25) is 5.91 Å². The van der Waals surface area contributed by atoms with Crippen LogP contribution in [0.3, 0.4) is 0 Å². The van der Waals surface area contributed by atoms with Crippen LogP contribution in [0.4, 0.5) is 22.4 Å². The Labute approximate surface area is 161 Å². The van der Waals surface area contributed by atoms with E-state index >= 15 is 0 Å². The predicted molar refractivity (Wildman–Crippen MR) is 89.7 cm³/mol. The van der Waals surface area contributed by atoms with Crippen LogP contribution in [-0.4, -0.2) is 39.2 Å². The number of urea groups is 1. The fourth-order valence-electron chi connectivity index (χ4n) is 3.01. The van der Waals surface area contributed by atoms with Crippen LogP contribution in [0, 0.1) is 5.82 Å². The van der Waals surface area contributed by atoms with Crippen molar-refractivity contribution in [1.82, 2.24) is 20.0 Å². The summed E-state index contributed by atoms with van der Waals surface area (Å²) in [5, 5.41) is 5.54. The summed E-state index contributed by atoms with van der Waals surface area (Å²) >= 11 is 5.81. The van der Waals surface area contributed by atoms with E-state index < -0.39 is 41.7 Å². The van der Waals surface area contributed by atoms with E-state index in [2.05, 4.69) is 10.4 Å². The van der Waals surface area contributed by atoms with E-state index in [0.29, 0.717) is 0 Å². The molecule has 1 aromatic carbocycles. The first kappa shape index (κ1) is 19.9. The van der Waals surface area contributed by atoms with E-state index in [9.17, 15) is 27.2 Å². The minimum Gasteiger partial charge on any atom is -0.368 e. The number of nitrogens with two attached hydrogens (primary N) is 1. The van der Waals surface area contributed by atoms with Gasteiger partial charge in [-0.1, -0.05) is 17.7 Å². The van der Waals surface area contributed by atoms with Gasteiger partial charge in [0, 0.05) is 7.05 Å². The minimum absolute atomic E-state index is 0.00438. The number of rotatable bonds is 4. The van der Waals surface area contributed by atoms with E-state index in [1.165, 1.54) is 19.2 Å². The molecule has 7 nitrogen and oxygen atoms in total.